The molecular weight excluding hydrogens is 256 g/mol. The van der Waals surface area contributed by atoms with Crippen LogP contribution in [0.25, 0.3) is 10.8 Å². The summed E-state index contributed by atoms with van der Waals surface area (Å²) >= 11 is 6.09. The van der Waals surface area contributed by atoms with Crippen LogP contribution in [0.3, 0.4) is 0 Å². The third kappa shape index (κ3) is 2.06. The van der Waals surface area contributed by atoms with Crippen LogP contribution in [-0.4, -0.2) is 19.0 Å². The van der Waals surface area contributed by atoms with Gasteiger partial charge in [0.1, 0.15) is 0 Å². The lowest BCUT2D eigenvalue weighted by Crippen LogP contribution is -2.03. The standard InChI is InChI=1S/C16H17ClN2/c1-2-7-18-14-8-15-16(11(9-17)10-19-15)13-6-4-3-5-12(13)14/h2-6,8,11,18-19H,1,7,9-10H2. The maximum absolute atomic E-state index is 6.09. The van der Waals surface area contributed by atoms with E-state index in [0.717, 1.165) is 18.8 Å². The number of hydrogen-bond acceptors (Lipinski definition) is 2. The first-order valence-electron chi connectivity index (χ1n) is 6.55. The van der Waals surface area contributed by atoms with Crippen molar-refractivity contribution in [1.29, 1.82) is 0 Å². The average molecular weight is 273 g/mol. The second kappa shape index (κ2) is 5.14. The Morgan fingerprint density at radius 3 is 2.89 bits per heavy atom. The molecule has 2 N–H and O–H groups in total. The molecule has 3 rings (SSSR count). The third-order valence-electron chi connectivity index (χ3n) is 3.66. The van der Waals surface area contributed by atoms with Crippen molar-refractivity contribution in [3.8, 4) is 0 Å². The van der Waals surface area contributed by atoms with E-state index >= 15 is 0 Å². The van der Waals surface area contributed by atoms with Crippen LogP contribution in [-0.2, 0) is 0 Å². The van der Waals surface area contributed by atoms with Gasteiger partial charge in [-0.3, -0.25) is 0 Å². The lowest BCUT2D eigenvalue weighted by atomic mass is 9.95. The zero-order valence-electron chi connectivity index (χ0n) is 10.7. The van der Waals surface area contributed by atoms with Crippen LogP contribution in [0.1, 0.15) is 11.5 Å². The van der Waals surface area contributed by atoms with Crippen molar-refractivity contribution < 1.29 is 0 Å². The molecule has 98 valence electrons. The van der Waals surface area contributed by atoms with Gasteiger partial charge in [0, 0.05) is 41.6 Å². The number of rotatable bonds is 4. The summed E-state index contributed by atoms with van der Waals surface area (Å²) in [6.07, 6.45) is 1.87. The fraction of sp³-hybridized carbons (Fsp3) is 0.250. The molecule has 19 heavy (non-hydrogen) atoms. The van der Waals surface area contributed by atoms with E-state index in [1.54, 1.807) is 0 Å². The van der Waals surface area contributed by atoms with E-state index in [4.69, 9.17) is 11.6 Å². The van der Waals surface area contributed by atoms with Gasteiger partial charge >= 0.3 is 0 Å². The minimum atomic E-state index is 0.398. The molecule has 2 aromatic rings. The van der Waals surface area contributed by atoms with Gasteiger partial charge in [-0.15, -0.1) is 18.2 Å². The van der Waals surface area contributed by atoms with Crippen molar-refractivity contribution in [2.24, 2.45) is 0 Å². The zero-order chi connectivity index (χ0) is 13.2. The SMILES string of the molecule is C=CCNc1cc2c(c3ccccc13)C(CCl)CN2. The molecule has 1 heterocycles. The fourth-order valence-electron chi connectivity index (χ4n) is 2.78. The van der Waals surface area contributed by atoms with E-state index in [0.29, 0.717) is 11.8 Å². The molecule has 2 nitrogen and oxygen atoms in total. The molecule has 0 spiro atoms. The third-order valence-corrected chi connectivity index (χ3v) is 4.03. The smallest absolute Gasteiger partial charge is 0.0443 e. The zero-order valence-corrected chi connectivity index (χ0v) is 11.5. The van der Waals surface area contributed by atoms with Gasteiger partial charge in [0.2, 0.25) is 0 Å². The Labute approximate surface area is 118 Å². The summed E-state index contributed by atoms with van der Waals surface area (Å²) in [4.78, 5) is 0. The molecule has 0 aliphatic carbocycles. The Bertz CT molecular complexity index is 621. The molecule has 1 atom stereocenters. The second-order valence-corrected chi connectivity index (χ2v) is 5.14. The normalized spacial score (nSPS) is 17.0. The highest BCUT2D eigenvalue weighted by Crippen LogP contribution is 2.41. The first-order chi connectivity index (χ1) is 9.35. The molecule has 0 saturated heterocycles. The van der Waals surface area contributed by atoms with Crippen molar-refractivity contribution in [1.82, 2.24) is 0 Å². The van der Waals surface area contributed by atoms with E-state index in [1.165, 1.54) is 22.0 Å². The number of halogens is 1. The summed E-state index contributed by atoms with van der Waals surface area (Å²) in [6.45, 7) is 5.45. The summed E-state index contributed by atoms with van der Waals surface area (Å²) in [7, 11) is 0. The van der Waals surface area contributed by atoms with E-state index in [-0.39, 0.29) is 0 Å². The highest BCUT2D eigenvalue weighted by Gasteiger charge is 2.24. The molecule has 1 unspecified atom stereocenters. The lowest BCUT2D eigenvalue weighted by Gasteiger charge is -2.14. The Morgan fingerprint density at radius 1 is 1.37 bits per heavy atom. The van der Waals surface area contributed by atoms with Gasteiger partial charge < -0.3 is 10.6 Å². The molecule has 0 bridgehead atoms. The van der Waals surface area contributed by atoms with Crippen LogP contribution in [0.2, 0.25) is 0 Å². The molecule has 0 amide bonds. The predicted molar refractivity (Wildman–Crippen MR) is 84.6 cm³/mol. The number of nitrogens with one attached hydrogen (secondary N) is 2. The number of fused-ring (bicyclic) bond motifs is 3. The summed E-state index contributed by atoms with van der Waals surface area (Å²) < 4.78 is 0. The molecule has 0 radical (unpaired) electrons. The van der Waals surface area contributed by atoms with Crippen LogP contribution in [0.4, 0.5) is 11.4 Å². The molecule has 0 saturated carbocycles. The number of anilines is 2. The molecule has 3 heteroatoms. The van der Waals surface area contributed by atoms with Crippen molar-refractivity contribution in [2.75, 3.05) is 29.6 Å². The van der Waals surface area contributed by atoms with Gasteiger partial charge in [-0.2, -0.15) is 0 Å². The van der Waals surface area contributed by atoms with Crippen LogP contribution >= 0.6 is 11.6 Å². The highest BCUT2D eigenvalue weighted by molar-refractivity contribution is 6.19. The van der Waals surface area contributed by atoms with Gasteiger partial charge in [0.25, 0.3) is 0 Å². The largest absolute Gasteiger partial charge is 0.384 e. The quantitative estimate of drug-likeness (QED) is 0.644. The van der Waals surface area contributed by atoms with Crippen LogP contribution in [0.15, 0.2) is 43.0 Å². The number of benzene rings is 2. The van der Waals surface area contributed by atoms with Gasteiger partial charge in [-0.05, 0) is 17.0 Å². The Balaban J connectivity index is 2.20. The molecular formula is C16H17ClN2. The number of alkyl halides is 1. The van der Waals surface area contributed by atoms with Crippen molar-refractivity contribution in [3.05, 3.63) is 48.6 Å². The van der Waals surface area contributed by atoms with Crippen molar-refractivity contribution in [3.63, 3.8) is 0 Å². The van der Waals surface area contributed by atoms with Crippen LogP contribution in [0.5, 0.6) is 0 Å². The summed E-state index contributed by atoms with van der Waals surface area (Å²) in [5.41, 5.74) is 3.71. The highest BCUT2D eigenvalue weighted by atomic mass is 35.5. The molecule has 0 fully saturated rings. The van der Waals surface area contributed by atoms with E-state index in [9.17, 15) is 0 Å². The van der Waals surface area contributed by atoms with Crippen molar-refractivity contribution >= 4 is 33.7 Å². The van der Waals surface area contributed by atoms with E-state index < -0.39 is 0 Å². The van der Waals surface area contributed by atoms with Gasteiger partial charge in [0.05, 0.1) is 0 Å². The Morgan fingerprint density at radius 2 is 2.16 bits per heavy atom. The monoisotopic (exact) mass is 272 g/mol. The van der Waals surface area contributed by atoms with Gasteiger partial charge in [0.15, 0.2) is 0 Å². The first kappa shape index (κ1) is 12.4. The molecule has 0 aromatic heterocycles. The topological polar surface area (TPSA) is 24.1 Å². The van der Waals surface area contributed by atoms with Crippen molar-refractivity contribution in [2.45, 2.75) is 5.92 Å². The maximum Gasteiger partial charge on any atom is 0.0443 e. The minimum absolute atomic E-state index is 0.398. The lowest BCUT2D eigenvalue weighted by molar-refractivity contribution is 0.869. The number of hydrogen-bond donors (Lipinski definition) is 2. The van der Waals surface area contributed by atoms with Gasteiger partial charge in [-0.1, -0.05) is 30.3 Å². The minimum Gasteiger partial charge on any atom is -0.384 e. The second-order valence-electron chi connectivity index (χ2n) is 4.83. The predicted octanol–water partition coefficient (Wildman–Crippen LogP) is 4.19. The average Bonchev–Trinajstić information content (AvgIpc) is 2.88. The first-order valence-corrected chi connectivity index (χ1v) is 7.09. The maximum atomic E-state index is 6.09. The molecule has 2 aromatic carbocycles. The summed E-state index contributed by atoms with van der Waals surface area (Å²) in [6, 6.07) is 10.7. The summed E-state index contributed by atoms with van der Waals surface area (Å²) in [5, 5.41) is 9.41. The molecule has 1 aliphatic heterocycles. The summed E-state index contributed by atoms with van der Waals surface area (Å²) in [5.74, 6) is 1.05. The fourth-order valence-corrected chi connectivity index (χ4v) is 3.04. The Kier molecular flexibility index (Phi) is 3.34. The van der Waals surface area contributed by atoms with Crippen LogP contribution in [0, 0.1) is 0 Å². The van der Waals surface area contributed by atoms with Crippen LogP contribution < -0.4 is 10.6 Å². The molecule has 1 aliphatic rings. The van der Waals surface area contributed by atoms with Gasteiger partial charge in [-0.25, -0.2) is 0 Å². The Hall–Kier alpha value is -1.67. The van der Waals surface area contributed by atoms with E-state index in [1.807, 2.05) is 6.08 Å². The van der Waals surface area contributed by atoms with E-state index in [2.05, 4.69) is 47.5 Å².